The predicted molar refractivity (Wildman–Crippen MR) is 28.6 cm³/mol. The summed E-state index contributed by atoms with van der Waals surface area (Å²) in [5, 5.41) is 0. The molecule has 0 spiro atoms. The fourth-order valence-electron chi connectivity index (χ4n) is 0. The first-order valence-corrected chi connectivity index (χ1v) is 2.47. The molecule has 2 N–H and O–H groups in total. The van der Waals surface area contributed by atoms with E-state index in [1.807, 2.05) is 14.1 Å². The average molecular weight is 151 g/mol. The summed E-state index contributed by atoms with van der Waals surface area (Å²) < 4.78 is 0.718. The standard InChI is InChI=1S/C3H8N2Se/c1-5(2)3(4)6/h4H2,1-2H3/q+1. The molecule has 6 heavy (non-hydrogen) atoms. The van der Waals surface area contributed by atoms with Gasteiger partial charge in [-0.15, -0.1) is 0 Å². The van der Waals surface area contributed by atoms with Crippen molar-refractivity contribution in [2.45, 2.75) is 0 Å². The molecule has 35 valence electrons. The van der Waals surface area contributed by atoms with Gasteiger partial charge in [0, 0.05) is 0 Å². The molecule has 0 heterocycles. The number of nitrogens with two attached hydrogens (primary N) is 1. The molecule has 0 saturated heterocycles. The van der Waals surface area contributed by atoms with Crippen LogP contribution in [0.5, 0.6) is 0 Å². The van der Waals surface area contributed by atoms with Crippen molar-refractivity contribution in [1.29, 1.82) is 0 Å². The average Bonchev–Trinajstić information content (AvgIpc) is 1.36. The van der Waals surface area contributed by atoms with Crippen LogP contribution in [0.1, 0.15) is 0 Å². The third-order valence-electron chi connectivity index (χ3n) is 0.441. The van der Waals surface area contributed by atoms with E-state index in [-0.39, 0.29) is 0 Å². The van der Waals surface area contributed by atoms with Gasteiger partial charge < -0.3 is 0 Å². The second-order valence-electron chi connectivity index (χ2n) is 1.23. The summed E-state index contributed by atoms with van der Waals surface area (Å²) in [5.41, 5.74) is 5.22. The van der Waals surface area contributed by atoms with Crippen molar-refractivity contribution in [3.8, 4) is 0 Å². The van der Waals surface area contributed by atoms with Crippen molar-refractivity contribution in [2.75, 3.05) is 14.1 Å². The quantitative estimate of drug-likeness (QED) is 0.475. The molecule has 0 amide bonds. The van der Waals surface area contributed by atoms with Crippen LogP contribution in [-0.2, 0) is 0 Å². The van der Waals surface area contributed by atoms with E-state index in [1.165, 1.54) is 0 Å². The van der Waals surface area contributed by atoms with Gasteiger partial charge in [0.1, 0.15) is 0 Å². The molecular weight excluding hydrogens is 143 g/mol. The number of rotatable bonds is 1. The van der Waals surface area contributed by atoms with E-state index in [9.17, 15) is 0 Å². The summed E-state index contributed by atoms with van der Waals surface area (Å²) in [6.45, 7) is 0. The number of hydrogen-bond donors (Lipinski definition) is 1. The summed E-state index contributed by atoms with van der Waals surface area (Å²) >= 11 is 2.66. The first kappa shape index (κ1) is 5.99. The van der Waals surface area contributed by atoms with Crippen LogP contribution in [0.15, 0.2) is 0 Å². The van der Waals surface area contributed by atoms with Crippen LogP contribution in [0.4, 0.5) is 0 Å². The Bertz CT molecular complexity index is 59.8. The maximum absolute atomic E-state index is 5.22. The van der Waals surface area contributed by atoms with E-state index < -0.39 is 0 Å². The summed E-state index contributed by atoms with van der Waals surface area (Å²) in [5.74, 6) is 0. The van der Waals surface area contributed by atoms with Crippen LogP contribution >= 0.6 is 0 Å². The predicted octanol–water partition coefficient (Wildman–Crippen LogP) is -1.24. The zero-order valence-electron chi connectivity index (χ0n) is 3.93. The monoisotopic (exact) mass is 152 g/mol. The molecule has 2 nitrogen and oxygen atoms in total. The zero-order chi connectivity index (χ0) is 5.15. The Kier molecular flexibility index (Phi) is 2.21. The Labute approximate surface area is 45.7 Å². The van der Waals surface area contributed by atoms with Gasteiger partial charge in [0.25, 0.3) is 0 Å². The molecule has 0 unspecified atom stereocenters. The molecule has 0 aliphatic heterocycles. The van der Waals surface area contributed by atoms with E-state index in [2.05, 4.69) is 15.6 Å². The van der Waals surface area contributed by atoms with Crippen molar-refractivity contribution in [1.82, 2.24) is 4.90 Å². The third kappa shape index (κ3) is 2.24. The molecule has 0 aromatic rings. The number of nitrogens with zero attached hydrogens (tertiary/aromatic N) is 1. The Morgan fingerprint density at radius 3 is 1.83 bits per heavy atom. The molecule has 0 aromatic carbocycles. The molecule has 0 bridgehead atoms. The van der Waals surface area contributed by atoms with Gasteiger partial charge in [-0.1, -0.05) is 0 Å². The molecule has 3 heteroatoms. The normalized spacial score (nSPS) is 7.67. The SMILES string of the molecule is CN(C)C(N)=[Se+]. The molecule has 0 aromatic heterocycles. The van der Waals surface area contributed by atoms with Gasteiger partial charge in [-0.2, -0.15) is 0 Å². The van der Waals surface area contributed by atoms with Crippen molar-refractivity contribution >= 4 is 20.2 Å². The molecule has 1 radical (unpaired) electrons. The molecule has 0 rings (SSSR count). The van der Waals surface area contributed by atoms with E-state index >= 15 is 0 Å². The molecule has 0 aliphatic rings. The molecule has 0 fully saturated rings. The van der Waals surface area contributed by atoms with Crippen molar-refractivity contribution in [3.05, 3.63) is 0 Å². The summed E-state index contributed by atoms with van der Waals surface area (Å²) in [6, 6.07) is 0. The van der Waals surface area contributed by atoms with Gasteiger partial charge in [-0.3, -0.25) is 0 Å². The summed E-state index contributed by atoms with van der Waals surface area (Å²) in [7, 11) is 3.76. The van der Waals surface area contributed by atoms with E-state index in [0.717, 1.165) is 4.67 Å². The van der Waals surface area contributed by atoms with Crippen molar-refractivity contribution in [3.63, 3.8) is 0 Å². The second kappa shape index (κ2) is 2.21. The Hall–Kier alpha value is -0.0105. The van der Waals surface area contributed by atoms with Gasteiger partial charge in [0.05, 0.1) is 0 Å². The Morgan fingerprint density at radius 1 is 1.67 bits per heavy atom. The molecule has 0 aliphatic carbocycles. The van der Waals surface area contributed by atoms with Gasteiger partial charge >= 0.3 is 45.0 Å². The molecule has 0 atom stereocenters. The van der Waals surface area contributed by atoms with Crippen molar-refractivity contribution < 1.29 is 0 Å². The zero-order valence-corrected chi connectivity index (χ0v) is 5.65. The fourth-order valence-corrected chi connectivity index (χ4v) is 0. The summed E-state index contributed by atoms with van der Waals surface area (Å²) in [4.78, 5) is 1.81. The second-order valence-corrected chi connectivity index (χ2v) is 2.11. The van der Waals surface area contributed by atoms with E-state index in [0.29, 0.717) is 0 Å². The van der Waals surface area contributed by atoms with Crippen molar-refractivity contribution in [2.24, 2.45) is 5.73 Å². The molecular formula is C3H8N2Se+. The van der Waals surface area contributed by atoms with Crippen LogP contribution < -0.4 is 5.73 Å². The van der Waals surface area contributed by atoms with E-state index in [1.54, 1.807) is 4.90 Å². The maximum atomic E-state index is 5.22. The number of hydrogen-bond acceptors (Lipinski definition) is 2. The van der Waals surface area contributed by atoms with Crippen LogP contribution in [0.25, 0.3) is 0 Å². The van der Waals surface area contributed by atoms with Gasteiger partial charge in [-0.05, 0) is 0 Å². The van der Waals surface area contributed by atoms with Gasteiger partial charge in [-0.25, -0.2) is 0 Å². The van der Waals surface area contributed by atoms with Gasteiger partial charge in [0.15, 0.2) is 0 Å². The first-order valence-electron chi connectivity index (χ1n) is 1.61. The van der Waals surface area contributed by atoms with Crippen LogP contribution in [0, 0.1) is 0 Å². The Balaban J connectivity index is 3.26. The van der Waals surface area contributed by atoms with Gasteiger partial charge in [0.2, 0.25) is 0 Å². The third-order valence-corrected chi connectivity index (χ3v) is 1.21. The topological polar surface area (TPSA) is 29.3 Å². The summed E-state index contributed by atoms with van der Waals surface area (Å²) in [6.07, 6.45) is 0. The Morgan fingerprint density at radius 2 is 1.83 bits per heavy atom. The minimum absolute atomic E-state index is 0.718. The van der Waals surface area contributed by atoms with Crippen LogP contribution in [0.3, 0.4) is 0 Å². The first-order chi connectivity index (χ1) is 2.64. The van der Waals surface area contributed by atoms with Crippen LogP contribution in [0.2, 0.25) is 0 Å². The minimum atomic E-state index is 0.718. The van der Waals surface area contributed by atoms with Crippen LogP contribution in [-0.4, -0.2) is 39.2 Å². The molecule has 0 saturated carbocycles. The fraction of sp³-hybridized carbons (Fsp3) is 0.667. The van der Waals surface area contributed by atoms with E-state index in [4.69, 9.17) is 5.73 Å².